The quantitative estimate of drug-likeness (QED) is 0.532. The molecule has 0 spiro atoms. The van der Waals surface area contributed by atoms with Gasteiger partial charge in [-0.3, -0.25) is 14.2 Å². The fraction of sp³-hybridized carbons (Fsp3) is 0.217. The monoisotopic (exact) mass is 402 g/mol. The van der Waals surface area contributed by atoms with Gasteiger partial charge in [-0.05, 0) is 19.4 Å². The summed E-state index contributed by atoms with van der Waals surface area (Å²) in [6.45, 7) is 4.13. The molecule has 0 bridgehead atoms. The van der Waals surface area contributed by atoms with E-state index in [0.29, 0.717) is 11.1 Å². The van der Waals surface area contributed by atoms with E-state index in [4.69, 9.17) is 4.52 Å². The first kappa shape index (κ1) is 19.6. The van der Waals surface area contributed by atoms with Crippen LogP contribution in [0, 0.1) is 6.92 Å². The Kier molecular flexibility index (Phi) is 5.43. The van der Waals surface area contributed by atoms with Crippen molar-refractivity contribution in [3.8, 4) is 11.3 Å². The maximum atomic E-state index is 13.0. The van der Waals surface area contributed by atoms with Crippen molar-refractivity contribution >= 4 is 17.0 Å². The molecule has 152 valence electrons. The lowest BCUT2D eigenvalue weighted by Gasteiger charge is -2.14. The Labute approximate surface area is 173 Å². The summed E-state index contributed by atoms with van der Waals surface area (Å²) in [4.78, 5) is 29.6. The maximum absolute atomic E-state index is 13.0. The highest BCUT2D eigenvalue weighted by Crippen LogP contribution is 2.24. The summed E-state index contributed by atoms with van der Waals surface area (Å²) in [6.07, 6.45) is 1.55. The van der Waals surface area contributed by atoms with Crippen LogP contribution in [0.15, 0.2) is 70.2 Å². The van der Waals surface area contributed by atoms with Crippen molar-refractivity contribution in [2.24, 2.45) is 0 Å². The fourth-order valence-corrected chi connectivity index (χ4v) is 3.31. The van der Waals surface area contributed by atoms with Gasteiger partial charge in [-0.25, -0.2) is 4.98 Å². The van der Waals surface area contributed by atoms with Crippen LogP contribution in [0.3, 0.4) is 0 Å². The van der Waals surface area contributed by atoms with Gasteiger partial charge in [0.15, 0.2) is 0 Å². The zero-order chi connectivity index (χ0) is 21.1. The predicted molar refractivity (Wildman–Crippen MR) is 114 cm³/mol. The van der Waals surface area contributed by atoms with Gasteiger partial charge in [0.25, 0.3) is 11.3 Å². The van der Waals surface area contributed by atoms with Gasteiger partial charge in [0.05, 0.1) is 6.04 Å². The molecule has 4 aromatic rings. The summed E-state index contributed by atoms with van der Waals surface area (Å²) in [5, 5.41) is 7.31. The summed E-state index contributed by atoms with van der Waals surface area (Å²) >= 11 is 0. The van der Waals surface area contributed by atoms with E-state index in [1.807, 2.05) is 68.4 Å². The Morgan fingerprint density at radius 1 is 1.13 bits per heavy atom. The van der Waals surface area contributed by atoms with E-state index in [9.17, 15) is 9.59 Å². The molecule has 0 radical (unpaired) electrons. The zero-order valence-corrected chi connectivity index (χ0v) is 16.8. The minimum absolute atomic E-state index is 0.109. The standard InChI is InChI=1S/C23H22N4O3/c1-15-8-10-18(11-9-15)21-20-22(30-26-21)24-14-27(23(20)29)13-12-19(28)25-16(2)17-6-4-3-5-7-17/h3-11,14,16H,12-13H2,1-2H3,(H,25,28)/t16-/m1/s1. The Morgan fingerprint density at radius 2 is 1.87 bits per heavy atom. The summed E-state index contributed by atoms with van der Waals surface area (Å²) in [5.74, 6) is -0.137. The number of hydrogen-bond acceptors (Lipinski definition) is 5. The number of carbonyl (C=O) groups is 1. The van der Waals surface area contributed by atoms with Gasteiger partial charge < -0.3 is 9.84 Å². The number of aryl methyl sites for hydroxylation is 2. The molecule has 0 aliphatic rings. The van der Waals surface area contributed by atoms with Crippen molar-refractivity contribution in [1.29, 1.82) is 0 Å². The third-order valence-electron chi connectivity index (χ3n) is 5.05. The van der Waals surface area contributed by atoms with Crippen molar-refractivity contribution in [1.82, 2.24) is 20.0 Å². The number of benzene rings is 2. The highest BCUT2D eigenvalue weighted by Gasteiger charge is 2.17. The summed E-state index contributed by atoms with van der Waals surface area (Å²) in [6, 6.07) is 17.3. The lowest BCUT2D eigenvalue weighted by atomic mass is 10.1. The van der Waals surface area contributed by atoms with Crippen molar-refractivity contribution in [3.63, 3.8) is 0 Å². The molecule has 1 N–H and O–H groups in total. The number of hydrogen-bond donors (Lipinski definition) is 1. The molecule has 2 heterocycles. The maximum Gasteiger partial charge on any atom is 0.266 e. The van der Waals surface area contributed by atoms with Crippen molar-refractivity contribution in [2.45, 2.75) is 32.9 Å². The van der Waals surface area contributed by atoms with Gasteiger partial charge >= 0.3 is 0 Å². The second-order valence-electron chi connectivity index (χ2n) is 7.27. The average Bonchev–Trinajstić information content (AvgIpc) is 3.19. The van der Waals surface area contributed by atoms with Crippen LogP contribution in [0.25, 0.3) is 22.4 Å². The van der Waals surface area contributed by atoms with Crippen LogP contribution in [-0.2, 0) is 11.3 Å². The van der Waals surface area contributed by atoms with Crippen molar-refractivity contribution in [3.05, 3.63) is 82.4 Å². The summed E-state index contributed by atoms with van der Waals surface area (Å²) < 4.78 is 6.66. The molecule has 0 saturated heterocycles. The van der Waals surface area contributed by atoms with Crippen LogP contribution in [0.1, 0.15) is 30.5 Å². The first-order valence-corrected chi connectivity index (χ1v) is 9.79. The molecule has 1 atom stereocenters. The van der Waals surface area contributed by atoms with E-state index >= 15 is 0 Å². The van der Waals surface area contributed by atoms with Crippen LogP contribution in [0.5, 0.6) is 0 Å². The lowest BCUT2D eigenvalue weighted by molar-refractivity contribution is -0.121. The number of fused-ring (bicyclic) bond motifs is 1. The van der Waals surface area contributed by atoms with E-state index in [-0.39, 0.29) is 36.2 Å². The number of rotatable bonds is 6. The average molecular weight is 402 g/mol. The molecule has 1 amide bonds. The topological polar surface area (TPSA) is 90.0 Å². The van der Waals surface area contributed by atoms with Gasteiger partial charge in [-0.1, -0.05) is 65.3 Å². The van der Waals surface area contributed by atoms with E-state index in [0.717, 1.165) is 16.7 Å². The number of nitrogens with one attached hydrogen (secondary N) is 1. The summed E-state index contributed by atoms with van der Waals surface area (Å²) in [5.41, 5.74) is 3.29. The predicted octanol–water partition coefficient (Wildman–Crippen LogP) is 3.63. The van der Waals surface area contributed by atoms with Crippen LogP contribution in [-0.4, -0.2) is 20.6 Å². The number of amides is 1. The number of aromatic nitrogens is 3. The molecule has 7 heteroatoms. The Balaban J connectivity index is 1.51. The third-order valence-corrected chi connectivity index (χ3v) is 5.05. The Bertz CT molecular complexity index is 1230. The SMILES string of the molecule is Cc1ccc(-c2noc3ncn(CCC(=O)N[C@H](C)c4ccccc4)c(=O)c23)cc1. The van der Waals surface area contributed by atoms with Gasteiger partial charge in [-0.2, -0.15) is 0 Å². The van der Waals surface area contributed by atoms with Crippen molar-refractivity contribution < 1.29 is 9.32 Å². The molecule has 30 heavy (non-hydrogen) atoms. The van der Waals surface area contributed by atoms with E-state index in [1.54, 1.807) is 0 Å². The largest absolute Gasteiger partial charge is 0.350 e. The van der Waals surface area contributed by atoms with E-state index in [2.05, 4.69) is 15.5 Å². The van der Waals surface area contributed by atoms with Crippen LogP contribution < -0.4 is 10.9 Å². The Hall–Kier alpha value is -3.74. The number of nitrogens with zero attached hydrogens (tertiary/aromatic N) is 3. The molecule has 7 nitrogen and oxygen atoms in total. The molecular formula is C23H22N4O3. The van der Waals surface area contributed by atoms with E-state index < -0.39 is 0 Å². The molecule has 4 rings (SSSR count). The lowest BCUT2D eigenvalue weighted by Crippen LogP contribution is -2.29. The molecule has 0 saturated carbocycles. The highest BCUT2D eigenvalue weighted by atomic mass is 16.5. The van der Waals surface area contributed by atoms with Crippen LogP contribution >= 0.6 is 0 Å². The smallest absolute Gasteiger partial charge is 0.266 e. The number of carbonyl (C=O) groups excluding carboxylic acids is 1. The highest BCUT2D eigenvalue weighted by molar-refractivity contribution is 5.88. The van der Waals surface area contributed by atoms with Crippen molar-refractivity contribution in [2.75, 3.05) is 0 Å². The molecule has 0 fully saturated rings. The fourth-order valence-electron chi connectivity index (χ4n) is 3.31. The zero-order valence-electron chi connectivity index (χ0n) is 16.8. The van der Waals surface area contributed by atoms with Gasteiger partial charge in [-0.15, -0.1) is 0 Å². The first-order chi connectivity index (χ1) is 14.5. The van der Waals surface area contributed by atoms with Crippen LogP contribution in [0.2, 0.25) is 0 Å². The molecule has 2 aromatic heterocycles. The first-order valence-electron chi connectivity index (χ1n) is 9.79. The van der Waals surface area contributed by atoms with Gasteiger partial charge in [0, 0.05) is 18.5 Å². The second kappa shape index (κ2) is 8.32. The van der Waals surface area contributed by atoms with E-state index in [1.165, 1.54) is 10.9 Å². The molecular weight excluding hydrogens is 380 g/mol. The molecule has 0 aliphatic heterocycles. The normalized spacial score (nSPS) is 12.1. The third kappa shape index (κ3) is 4.00. The molecule has 0 aliphatic carbocycles. The minimum atomic E-state index is -0.277. The molecule has 0 unspecified atom stereocenters. The van der Waals surface area contributed by atoms with Crippen LogP contribution in [0.4, 0.5) is 0 Å². The van der Waals surface area contributed by atoms with Gasteiger partial charge in [0.1, 0.15) is 17.4 Å². The Morgan fingerprint density at radius 3 is 2.60 bits per heavy atom. The summed E-state index contributed by atoms with van der Waals surface area (Å²) in [7, 11) is 0. The second-order valence-corrected chi connectivity index (χ2v) is 7.27. The molecule has 2 aromatic carbocycles. The van der Waals surface area contributed by atoms with Gasteiger partial charge in [0.2, 0.25) is 5.91 Å². The minimum Gasteiger partial charge on any atom is -0.350 e.